The predicted molar refractivity (Wildman–Crippen MR) is 107 cm³/mol. The number of ether oxygens (including phenoxy) is 2. The Morgan fingerprint density at radius 2 is 1.75 bits per heavy atom. The highest BCUT2D eigenvalue weighted by atomic mass is 16.5. The van der Waals surface area contributed by atoms with Crippen LogP contribution in [0.4, 0.5) is 0 Å². The zero-order chi connectivity index (χ0) is 19.7. The van der Waals surface area contributed by atoms with Gasteiger partial charge in [0.25, 0.3) is 11.8 Å². The van der Waals surface area contributed by atoms with Crippen molar-refractivity contribution in [2.75, 3.05) is 19.7 Å². The van der Waals surface area contributed by atoms with Crippen LogP contribution in [0.2, 0.25) is 0 Å². The van der Waals surface area contributed by atoms with Gasteiger partial charge in [-0.2, -0.15) is 0 Å². The van der Waals surface area contributed by atoms with Gasteiger partial charge in [0.2, 0.25) is 0 Å². The average molecular weight is 382 g/mol. The number of hydrogen-bond acceptors (Lipinski definition) is 4. The first kappa shape index (κ1) is 18.7. The molecule has 28 heavy (non-hydrogen) atoms. The van der Waals surface area contributed by atoms with Crippen molar-refractivity contribution in [3.63, 3.8) is 0 Å². The lowest BCUT2D eigenvalue weighted by Gasteiger charge is -2.35. The third kappa shape index (κ3) is 4.28. The summed E-state index contributed by atoms with van der Waals surface area (Å²) in [6, 6.07) is 11.8. The second-order valence-corrected chi connectivity index (χ2v) is 7.79. The van der Waals surface area contributed by atoms with E-state index in [1.165, 1.54) is 0 Å². The number of nitrogens with zero attached hydrogens (tertiary/aromatic N) is 1. The van der Waals surface area contributed by atoms with Gasteiger partial charge in [0.05, 0.1) is 17.8 Å². The van der Waals surface area contributed by atoms with Gasteiger partial charge >= 0.3 is 0 Å². The van der Waals surface area contributed by atoms with Crippen LogP contribution in [0.25, 0.3) is 10.8 Å². The summed E-state index contributed by atoms with van der Waals surface area (Å²) < 4.78 is 11.6. The summed E-state index contributed by atoms with van der Waals surface area (Å²) in [6.07, 6.45) is 2.03. The van der Waals surface area contributed by atoms with Gasteiger partial charge in [-0.1, -0.05) is 24.3 Å². The number of benzene rings is 2. The molecule has 2 aliphatic rings. The molecule has 1 saturated carbocycles. The number of hydrogen-bond donors (Lipinski definition) is 1. The molecule has 0 radical (unpaired) electrons. The number of morpholine rings is 1. The van der Waals surface area contributed by atoms with Gasteiger partial charge in [0.15, 0.2) is 6.61 Å². The maximum atomic E-state index is 13.3. The molecule has 1 N–H and O–H groups in total. The molecular formula is C22H26N2O4. The topological polar surface area (TPSA) is 67.9 Å². The fourth-order valence-electron chi connectivity index (χ4n) is 3.66. The molecule has 4 rings (SSSR count). The second kappa shape index (κ2) is 7.80. The minimum Gasteiger partial charge on any atom is -0.483 e. The van der Waals surface area contributed by atoms with Gasteiger partial charge in [-0.15, -0.1) is 0 Å². The molecule has 2 aromatic rings. The van der Waals surface area contributed by atoms with Crippen LogP contribution in [0.15, 0.2) is 36.4 Å². The van der Waals surface area contributed by atoms with Gasteiger partial charge in [-0.25, -0.2) is 0 Å². The zero-order valence-electron chi connectivity index (χ0n) is 16.3. The van der Waals surface area contributed by atoms with E-state index in [1.807, 2.05) is 50.2 Å². The van der Waals surface area contributed by atoms with Crippen LogP contribution in [-0.2, 0) is 9.53 Å². The minimum absolute atomic E-state index is 0.0122. The van der Waals surface area contributed by atoms with E-state index < -0.39 is 0 Å². The molecule has 2 aromatic carbocycles. The molecule has 0 aromatic heterocycles. The molecule has 2 atom stereocenters. The number of nitrogens with one attached hydrogen (secondary N) is 1. The van der Waals surface area contributed by atoms with Crippen molar-refractivity contribution in [3.8, 4) is 5.75 Å². The van der Waals surface area contributed by atoms with Crippen molar-refractivity contribution in [2.45, 2.75) is 44.9 Å². The highest BCUT2D eigenvalue weighted by Gasteiger charge is 2.29. The molecule has 0 bridgehead atoms. The van der Waals surface area contributed by atoms with Crippen LogP contribution >= 0.6 is 0 Å². The van der Waals surface area contributed by atoms with Gasteiger partial charge < -0.3 is 19.7 Å². The van der Waals surface area contributed by atoms with E-state index >= 15 is 0 Å². The van der Waals surface area contributed by atoms with Gasteiger partial charge in [-0.05, 0) is 49.6 Å². The van der Waals surface area contributed by atoms with Crippen LogP contribution in [-0.4, -0.2) is 54.7 Å². The van der Waals surface area contributed by atoms with Crippen LogP contribution < -0.4 is 10.1 Å². The van der Waals surface area contributed by atoms with Crippen molar-refractivity contribution in [1.82, 2.24) is 10.2 Å². The lowest BCUT2D eigenvalue weighted by Crippen LogP contribution is -2.48. The number of fused-ring (bicyclic) bond motifs is 1. The van der Waals surface area contributed by atoms with Crippen LogP contribution in [0, 0.1) is 0 Å². The molecule has 1 aliphatic heterocycles. The second-order valence-electron chi connectivity index (χ2n) is 7.79. The van der Waals surface area contributed by atoms with Crippen LogP contribution in [0.1, 0.15) is 37.0 Å². The fourth-order valence-corrected chi connectivity index (χ4v) is 3.66. The summed E-state index contributed by atoms with van der Waals surface area (Å²) in [5, 5.41) is 4.85. The summed E-state index contributed by atoms with van der Waals surface area (Å²) in [7, 11) is 0. The lowest BCUT2D eigenvalue weighted by atomic mass is 10.0. The van der Waals surface area contributed by atoms with E-state index in [0.29, 0.717) is 24.4 Å². The highest BCUT2D eigenvalue weighted by Crippen LogP contribution is 2.28. The van der Waals surface area contributed by atoms with E-state index in [4.69, 9.17) is 9.47 Å². The average Bonchev–Trinajstić information content (AvgIpc) is 3.48. The molecule has 2 unspecified atom stereocenters. The first-order valence-corrected chi connectivity index (χ1v) is 9.89. The maximum Gasteiger partial charge on any atom is 0.258 e. The Hall–Kier alpha value is -2.60. The molecule has 0 spiro atoms. The molecule has 1 saturated heterocycles. The Kier molecular flexibility index (Phi) is 5.22. The molecule has 6 heteroatoms. The van der Waals surface area contributed by atoms with Crippen molar-refractivity contribution in [1.29, 1.82) is 0 Å². The summed E-state index contributed by atoms with van der Waals surface area (Å²) in [5.74, 6) is 0.203. The fraction of sp³-hybridized carbons (Fsp3) is 0.455. The van der Waals surface area contributed by atoms with Crippen LogP contribution in [0.5, 0.6) is 5.75 Å². The van der Waals surface area contributed by atoms with E-state index in [1.54, 1.807) is 4.90 Å². The summed E-state index contributed by atoms with van der Waals surface area (Å²) in [4.78, 5) is 27.1. The number of carbonyl (C=O) groups excluding carboxylic acids is 2. The third-order valence-electron chi connectivity index (χ3n) is 5.09. The molecule has 1 aliphatic carbocycles. The number of rotatable bonds is 5. The van der Waals surface area contributed by atoms with Crippen molar-refractivity contribution in [3.05, 3.63) is 42.0 Å². The Bertz CT molecular complexity index is 883. The Morgan fingerprint density at radius 3 is 2.39 bits per heavy atom. The highest BCUT2D eigenvalue weighted by molar-refractivity contribution is 6.01. The largest absolute Gasteiger partial charge is 0.483 e. The Balaban J connectivity index is 1.60. The standard InChI is InChI=1S/C22H26N2O4/c1-14-11-24(12-15(2)28-14)22(26)19-9-16-5-3-4-6-17(16)10-20(19)27-13-21(25)23-18-7-8-18/h3-6,9-10,14-15,18H,7-8,11-13H2,1-2H3,(H,23,25). The van der Waals surface area contributed by atoms with Gasteiger partial charge in [0, 0.05) is 19.1 Å². The quantitative estimate of drug-likeness (QED) is 0.863. The van der Waals surface area contributed by atoms with E-state index in [0.717, 1.165) is 23.6 Å². The molecule has 148 valence electrons. The molecule has 1 heterocycles. The monoisotopic (exact) mass is 382 g/mol. The lowest BCUT2D eigenvalue weighted by molar-refractivity contribution is -0.123. The normalized spacial score (nSPS) is 22.1. The molecular weight excluding hydrogens is 356 g/mol. The number of amides is 2. The van der Waals surface area contributed by atoms with Crippen molar-refractivity contribution in [2.24, 2.45) is 0 Å². The first-order valence-electron chi connectivity index (χ1n) is 9.89. The van der Waals surface area contributed by atoms with E-state index in [9.17, 15) is 9.59 Å². The van der Waals surface area contributed by atoms with Gasteiger partial charge in [-0.3, -0.25) is 9.59 Å². The van der Waals surface area contributed by atoms with E-state index in [2.05, 4.69) is 5.32 Å². The molecule has 2 amide bonds. The van der Waals surface area contributed by atoms with Crippen molar-refractivity contribution < 1.29 is 19.1 Å². The van der Waals surface area contributed by atoms with Crippen LogP contribution in [0.3, 0.4) is 0 Å². The Labute approximate surface area is 164 Å². The summed E-state index contributed by atoms with van der Waals surface area (Å²) >= 11 is 0. The summed E-state index contributed by atoms with van der Waals surface area (Å²) in [5.41, 5.74) is 0.485. The third-order valence-corrected chi connectivity index (χ3v) is 5.09. The minimum atomic E-state index is -0.150. The SMILES string of the molecule is CC1CN(C(=O)c2cc3ccccc3cc2OCC(=O)NC2CC2)CC(C)O1. The molecule has 2 fully saturated rings. The maximum absolute atomic E-state index is 13.3. The predicted octanol–water partition coefficient (Wildman–Crippen LogP) is 2.75. The number of carbonyl (C=O) groups is 2. The zero-order valence-corrected chi connectivity index (χ0v) is 16.3. The van der Waals surface area contributed by atoms with Crippen molar-refractivity contribution >= 4 is 22.6 Å². The van der Waals surface area contributed by atoms with Gasteiger partial charge in [0.1, 0.15) is 5.75 Å². The van der Waals surface area contributed by atoms with E-state index in [-0.39, 0.29) is 36.7 Å². The smallest absolute Gasteiger partial charge is 0.258 e. The first-order chi connectivity index (χ1) is 13.5. The Morgan fingerprint density at radius 1 is 1.11 bits per heavy atom. The summed E-state index contributed by atoms with van der Waals surface area (Å²) in [6.45, 7) is 4.92. The molecule has 6 nitrogen and oxygen atoms in total.